The van der Waals surface area contributed by atoms with Crippen LogP contribution in [0.1, 0.15) is 25.1 Å². The van der Waals surface area contributed by atoms with Crippen molar-refractivity contribution in [1.29, 1.82) is 0 Å². The second kappa shape index (κ2) is 5.56. The molecule has 0 aliphatic heterocycles. The van der Waals surface area contributed by atoms with Crippen LogP contribution in [-0.4, -0.2) is 22.6 Å². The number of carboxylic acid groups (broad SMARTS) is 1. The molecule has 0 aliphatic rings. The minimum absolute atomic E-state index is 0.0518. The fraction of sp³-hybridized carbons (Fsp3) is 0.500. The van der Waals surface area contributed by atoms with E-state index in [1.54, 1.807) is 0 Å². The van der Waals surface area contributed by atoms with Crippen molar-refractivity contribution >= 4 is 5.97 Å². The molecule has 2 N–H and O–H groups in total. The van der Waals surface area contributed by atoms with E-state index in [-0.39, 0.29) is 18.8 Å². The van der Waals surface area contributed by atoms with Crippen LogP contribution in [0.25, 0.3) is 0 Å². The Morgan fingerprint density at radius 1 is 1.42 bits per heavy atom. The van der Waals surface area contributed by atoms with Gasteiger partial charge >= 0.3 is 12.1 Å². The smallest absolute Gasteiger partial charge is 0.418 e. The predicted molar refractivity (Wildman–Crippen MR) is 62.4 cm³/mol. The van der Waals surface area contributed by atoms with Crippen molar-refractivity contribution in [2.24, 2.45) is 5.41 Å². The summed E-state index contributed by atoms with van der Waals surface area (Å²) in [5.41, 5.74) is -2.00. The minimum atomic E-state index is -4.46. The van der Waals surface area contributed by atoms with Gasteiger partial charge in [0.2, 0.25) is 0 Å². The van der Waals surface area contributed by atoms with Crippen molar-refractivity contribution in [3.63, 3.8) is 0 Å². The number of nitrogens with one attached hydrogen (secondary N) is 1. The summed E-state index contributed by atoms with van der Waals surface area (Å²) in [5.74, 6) is -1.02. The average Bonchev–Trinajstić information content (AvgIpc) is 2.27. The van der Waals surface area contributed by atoms with Crippen molar-refractivity contribution in [2.75, 3.05) is 6.54 Å². The third-order valence-electron chi connectivity index (χ3n) is 2.63. The second-order valence-corrected chi connectivity index (χ2v) is 4.79. The zero-order valence-electron chi connectivity index (χ0n) is 10.6. The van der Waals surface area contributed by atoms with E-state index in [9.17, 15) is 18.0 Å². The van der Waals surface area contributed by atoms with Crippen LogP contribution < -0.4 is 5.32 Å². The van der Waals surface area contributed by atoms with E-state index in [4.69, 9.17) is 5.11 Å². The van der Waals surface area contributed by atoms with Crippen molar-refractivity contribution in [1.82, 2.24) is 10.3 Å². The lowest BCUT2D eigenvalue weighted by molar-refractivity contribution is -0.146. The van der Waals surface area contributed by atoms with Gasteiger partial charge in [0, 0.05) is 19.3 Å². The fourth-order valence-electron chi connectivity index (χ4n) is 1.41. The van der Waals surface area contributed by atoms with Crippen LogP contribution in [0.4, 0.5) is 13.2 Å². The highest BCUT2D eigenvalue weighted by atomic mass is 19.4. The van der Waals surface area contributed by atoms with Crippen LogP contribution in [0.5, 0.6) is 0 Å². The molecule has 0 unspecified atom stereocenters. The third kappa shape index (κ3) is 4.20. The number of hydrogen-bond acceptors (Lipinski definition) is 3. The zero-order chi connectivity index (χ0) is 14.7. The van der Waals surface area contributed by atoms with Gasteiger partial charge in [-0.1, -0.05) is 0 Å². The number of alkyl halides is 3. The van der Waals surface area contributed by atoms with E-state index >= 15 is 0 Å². The van der Waals surface area contributed by atoms with Gasteiger partial charge in [0.15, 0.2) is 0 Å². The maximum absolute atomic E-state index is 12.7. The molecule has 7 heteroatoms. The molecule has 0 fully saturated rings. The van der Waals surface area contributed by atoms with Gasteiger partial charge in [-0.05, 0) is 26.0 Å². The number of aliphatic carboxylic acids is 1. The monoisotopic (exact) mass is 276 g/mol. The molecule has 0 spiro atoms. The first-order valence-electron chi connectivity index (χ1n) is 5.60. The first kappa shape index (κ1) is 15.4. The number of carbonyl (C=O) groups is 1. The van der Waals surface area contributed by atoms with Crippen molar-refractivity contribution in [3.05, 3.63) is 29.6 Å². The van der Waals surface area contributed by atoms with E-state index in [0.717, 1.165) is 6.07 Å². The van der Waals surface area contributed by atoms with Crippen molar-refractivity contribution in [2.45, 2.75) is 26.6 Å². The van der Waals surface area contributed by atoms with Crippen LogP contribution in [0, 0.1) is 5.41 Å². The molecule has 1 rings (SSSR count). The zero-order valence-corrected chi connectivity index (χ0v) is 10.6. The molecule has 0 amide bonds. The van der Waals surface area contributed by atoms with Gasteiger partial charge in [-0.25, -0.2) is 0 Å². The Hall–Kier alpha value is -1.63. The number of nitrogens with zero attached hydrogens (tertiary/aromatic N) is 1. The van der Waals surface area contributed by atoms with E-state index in [0.29, 0.717) is 0 Å². The Labute approximate surface area is 108 Å². The van der Waals surface area contributed by atoms with Crippen LogP contribution in [0.3, 0.4) is 0 Å². The van der Waals surface area contributed by atoms with Gasteiger partial charge in [0.25, 0.3) is 0 Å². The molecular weight excluding hydrogens is 261 g/mol. The molecule has 1 heterocycles. The summed E-state index contributed by atoms with van der Waals surface area (Å²) < 4.78 is 38.0. The largest absolute Gasteiger partial charge is 0.481 e. The quantitative estimate of drug-likeness (QED) is 0.866. The van der Waals surface area contributed by atoms with Gasteiger partial charge in [0.05, 0.1) is 16.7 Å². The summed E-state index contributed by atoms with van der Waals surface area (Å²) in [6.45, 7) is 2.90. The van der Waals surface area contributed by atoms with Gasteiger partial charge in [-0.15, -0.1) is 0 Å². The SMILES string of the molecule is CC(C)(CNCc1ncccc1C(F)(F)F)C(=O)O. The minimum Gasteiger partial charge on any atom is -0.481 e. The van der Waals surface area contributed by atoms with E-state index in [1.165, 1.54) is 26.1 Å². The Morgan fingerprint density at radius 2 is 2.05 bits per heavy atom. The highest BCUT2D eigenvalue weighted by molar-refractivity contribution is 5.73. The van der Waals surface area contributed by atoms with Crippen molar-refractivity contribution in [3.8, 4) is 0 Å². The number of hydrogen-bond donors (Lipinski definition) is 2. The molecule has 0 radical (unpaired) electrons. The molecule has 19 heavy (non-hydrogen) atoms. The maximum Gasteiger partial charge on any atom is 0.418 e. The number of halogens is 3. The molecule has 4 nitrogen and oxygen atoms in total. The van der Waals surface area contributed by atoms with Crippen molar-refractivity contribution < 1.29 is 23.1 Å². The molecule has 0 aliphatic carbocycles. The van der Waals surface area contributed by atoms with Gasteiger partial charge in [-0.2, -0.15) is 13.2 Å². The lowest BCUT2D eigenvalue weighted by atomic mass is 9.94. The van der Waals surface area contributed by atoms with Gasteiger partial charge in [0.1, 0.15) is 0 Å². The maximum atomic E-state index is 12.7. The van der Waals surface area contributed by atoms with Crippen LogP contribution >= 0.6 is 0 Å². The number of aromatic nitrogens is 1. The first-order chi connectivity index (χ1) is 8.64. The molecule has 1 aromatic rings. The molecular formula is C12H15F3N2O2. The average molecular weight is 276 g/mol. The van der Waals surface area contributed by atoms with E-state index in [1.807, 2.05) is 0 Å². The molecule has 0 saturated carbocycles. The summed E-state index contributed by atoms with van der Waals surface area (Å²) in [7, 11) is 0. The second-order valence-electron chi connectivity index (χ2n) is 4.79. The molecule has 1 aromatic heterocycles. The Kier molecular flexibility index (Phi) is 4.52. The lowest BCUT2D eigenvalue weighted by Gasteiger charge is -2.20. The number of rotatable bonds is 5. The van der Waals surface area contributed by atoms with Crippen LogP contribution in [0.15, 0.2) is 18.3 Å². The highest BCUT2D eigenvalue weighted by Gasteiger charge is 2.34. The van der Waals surface area contributed by atoms with Crippen LogP contribution in [-0.2, 0) is 17.5 Å². The molecule has 0 bridgehead atoms. The summed E-state index contributed by atoms with van der Waals surface area (Å²) in [6, 6.07) is 2.17. The van der Waals surface area contributed by atoms with Gasteiger partial charge < -0.3 is 10.4 Å². The fourth-order valence-corrected chi connectivity index (χ4v) is 1.41. The standard InChI is InChI=1S/C12H15F3N2O2/c1-11(2,10(18)19)7-16-6-9-8(12(13,14)15)4-3-5-17-9/h3-5,16H,6-7H2,1-2H3,(H,18,19). The third-order valence-corrected chi connectivity index (χ3v) is 2.63. The molecule has 0 atom stereocenters. The summed E-state index contributed by atoms with van der Waals surface area (Å²) in [6.07, 6.45) is -3.19. The first-order valence-corrected chi connectivity index (χ1v) is 5.60. The molecule has 0 saturated heterocycles. The van der Waals surface area contributed by atoms with Gasteiger partial charge in [-0.3, -0.25) is 9.78 Å². The Balaban J connectivity index is 2.72. The Bertz CT molecular complexity index is 459. The summed E-state index contributed by atoms with van der Waals surface area (Å²) >= 11 is 0. The number of carboxylic acids is 1. The molecule has 0 aromatic carbocycles. The summed E-state index contributed by atoms with van der Waals surface area (Å²) in [4.78, 5) is 14.5. The number of pyridine rings is 1. The lowest BCUT2D eigenvalue weighted by Crippen LogP contribution is -2.36. The Morgan fingerprint density at radius 3 is 2.58 bits per heavy atom. The molecule has 106 valence electrons. The normalized spacial score (nSPS) is 12.5. The van der Waals surface area contributed by atoms with E-state index < -0.39 is 23.1 Å². The predicted octanol–water partition coefficient (Wildman–Crippen LogP) is 2.30. The topological polar surface area (TPSA) is 62.2 Å². The summed E-state index contributed by atoms with van der Waals surface area (Å²) in [5, 5.41) is 11.6. The van der Waals surface area contributed by atoms with E-state index in [2.05, 4.69) is 10.3 Å². The highest BCUT2D eigenvalue weighted by Crippen LogP contribution is 2.30. The van der Waals surface area contributed by atoms with Crippen LogP contribution in [0.2, 0.25) is 0 Å².